The molecule has 0 spiro atoms. The van der Waals surface area contributed by atoms with E-state index in [0.29, 0.717) is 18.1 Å². The van der Waals surface area contributed by atoms with Crippen LogP contribution in [0.1, 0.15) is 21.0 Å². The molecule has 0 unspecified atom stereocenters. The third kappa shape index (κ3) is 1.12. The SMILES string of the molecule is COC(=O)c1ccc2n1NCNC2=O. The van der Waals surface area contributed by atoms with Crippen molar-refractivity contribution < 1.29 is 14.3 Å². The lowest BCUT2D eigenvalue weighted by Crippen LogP contribution is -2.42. The maximum Gasteiger partial charge on any atom is 0.356 e. The molecule has 2 N–H and O–H groups in total. The Kier molecular flexibility index (Phi) is 1.88. The zero-order valence-electron chi connectivity index (χ0n) is 7.53. The second-order valence-corrected chi connectivity index (χ2v) is 2.77. The van der Waals surface area contributed by atoms with Crippen LogP contribution in [-0.4, -0.2) is 30.3 Å². The summed E-state index contributed by atoms with van der Waals surface area (Å²) in [5.74, 6) is -0.683. The molecule has 0 saturated heterocycles. The average Bonchev–Trinajstić information content (AvgIpc) is 2.62. The van der Waals surface area contributed by atoms with Gasteiger partial charge in [-0.05, 0) is 12.1 Å². The van der Waals surface area contributed by atoms with Crippen molar-refractivity contribution in [3.8, 4) is 0 Å². The number of esters is 1. The maximum atomic E-state index is 11.3. The summed E-state index contributed by atoms with van der Waals surface area (Å²) in [6.07, 6.45) is 0. The predicted molar refractivity (Wildman–Crippen MR) is 47.5 cm³/mol. The summed E-state index contributed by atoms with van der Waals surface area (Å²) in [5.41, 5.74) is 3.56. The first-order valence-corrected chi connectivity index (χ1v) is 4.06. The van der Waals surface area contributed by atoms with Gasteiger partial charge in [0.25, 0.3) is 5.91 Å². The van der Waals surface area contributed by atoms with Crippen LogP contribution in [0.5, 0.6) is 0 Å². The molecule has 0 saturated carbocycles. The van der Waals surface area contributed by atoms with E-state index in [1.54, 1.807) is 12.1 Å². The van der Waals surface area contributed by atoms with Crippen LogP contribution in [0, 0.1) is 0 Å². The molecular formula is C8H9N3O3. The van der Waals surface area contributed by atoms with Gasteiger partial charge in [0, 0.05) is 0 Å². The molecule has 14 heavy (non-hydrogen) atoms. The molecular weight excluding hydrogens is 186 g/mol. The largest absolute Gasteiger partial charge is 0.464 e. The number of nitrogens with one attached hydrogen (secondary N) is 2. The van der Waals surface area contributed by atoms with Gasteiger partial charge in [0.15, 0.2) is 0 Å². The second kappa shape index (κ2) is 3.06. The minimum absolute atomic E-state index is 0.209. The van der Waals surface area contributed by atoms with E-state index in [1.807, 2.05) is 0 Å². The molecule has 0 fully saturated rings. The Morgan fingerprint density at radius 3 is 3.07 bits per heavy atom. The summed E-state index contributed by atoms with van der Waals surface area (Å²) in [6, 6.07) is 3.10. The Labute approximate surface area is 79.8 Å². The monoisotopic (exact) mass is 195 g/mol. The minimum atomic E-state index is -0.474. The Hall–Kier alpha value is -1.98. The van der Waals surface area contributed by atoms with Gasteiger partial charge in [0.1, 0.15) is 18.1 Å². The van der Waals surface area contributed by atoms with Crippen molar-refractivity contribution >= 4 is 11.9 Å². The summed E-state index contributed by atoms with van der Waals surface area (Å²) < 4.78 is 5.99. The first kappa shape index (κ1) is 8.61. The number of amides is 1. The molecule has 6 heteroatoms. The van der Waals surface area contributed by atoms with E-state index in [1.165, 1.54) is 11.8 Å². The standard InChI is InChI=1S/C8H9N3O3/c1-14-8(13)6-3-2-5-7(12)9-4-10-11(5)6/h2-3,10H,4H2,1H3,(H,9,12). The zero-order chi connectivity index (χ0) is 10.1. The van der Waals surface area contributed by atoms with Gasteiger partial charge in [-0.25, -0.2) is 9.47 Å². The summed E-state index contributed by atoms with van der Waals surface area (Å²) in [4.78, 5) is 22.5. The lowest BCUT2D eigenvalue weighted by molar-refractivity contribution is 0.0589. The van der Waals surface area contributed by atoms with E-state index in [-0.39, 0.29) is 5.91 Å². The molecule has 0 aliphatic carbocycles. The molecule has 2 heterocycles. The molecule has 1 amide bonds. The van der Waals surface area contributed by atoms with Crippen molar-refractivity contribution in [3.63, 3.8) is 0 Å². The third-order valence-electron chi connectivity index (χ3n) is 1.99. The van der Waals surface area contributed by atoms with Gasteiger partial charge >= 0.3 is 5.97 Å². The molecule has 1 aliphatic heterocycles. The van der Waals surface area contributed by atoms with E-state index in [2.05, 4.69) is 15.5 Å². The Morgan fingerprint density at radius 1 is 1.57 bits per heavy atom. The van der Waals surface area contributed by atoms with Crippen LogP contribution in [0.2, 0.25) is 0 Å². The number of ether oxygens (including phenoxy) is 1. The van der Waals surface area contributed by atoms with Gasteiger partial charge in [-0.1, -0.05) is 0 Å². The smallest absolute Gasteiger partial charge is 0.356 e. The van der Waals surface area contributed by atoms with Gasteiger partial charge in [-0.3, -0.25) is 4.79 Å². The third-order valence-corrected chi connectivity index (χ3v) is 1.99. The zero-order valence-corrected chi connectivity index (χ0v) is 7.53. The van der Waals surface area contributed by atoms with E-state index in [0.717, 1.165) is 0 Å². The van der Waals surface area contributed by atoms with Crippen molar-refractivity contribution in [2.75, 3.05) is 19.2 Å². The van der Waals surface area contributed by atoms with Gasteiger partial charge in [-0.2, -0.15) is 0 Å². The molecule has 1 aliphatic rings. The van der Waals surface area contributed by atoms with Crippen LogP contribution in [0.3, 0.4) is 0 Å². The number of fused-ring (bicyclic) bond motifs is 1. The van der Waals surface area contributed by atoms with Crippen molar-refractivity contribution in [2.24, 2.45) is 0 Å². The highest BCUT2D eigenvalue weighted by atomic mass is 16.5. The van der Waals surface area contributed by atoms with E-state index in [9.17, 15) is 9.59 Å². The van der Waals surface area contributed by atoms with Gasteiger partial charge in [0.05, 0.1) is 7.11 Å². The number of carbonyl (C=O) groups excluding carboxylic acids is 2. The first-order chi connectivity index (χ1) is 6.74. The van der Waals surface area contributed by atoms with E-state index < -0.39 is 5.97 Å². The van der Waals surface area contributed by atoms with Crippen molar-refractivity contribution in [3.05, 3.63) is 23.5 Å². The van der Waals surface area contributed by atoms with Crippen molar-refractivity contribution in [2.45, 2.75) is 0 Å². The van der Waals surface area contributed by atoms with Gasteiger partial charge in [-0.15, -0.1) is 0 Å². The Morgan fingerprint density at radius 2 is 2.36 bits per heavy atom. The van der Waals surface area contributed by atoms with Crippen LogP contribution in [0.25, 0.3) is 0 Å². The molecule has 2 rings (SSSR count). The Balaban J connectivity index is 2.45. The molecule has 0 radical (unpaired) electrons. The second-order valence-electron chi connectivity index (χ2n) is 2.77. The van der Waals surface area contributed by atoms with Gasteiger partial charge < -0.3 is 15.5 Å². The van der Waals surface area contributed by atoms with Gasteiger partial charge in [0.2, 0.25) is 0 Å². The summed E-state index contributed by atoms with van der Waals surface area (Å²) in [6.45, 7) is 0.296. The number of rotatable bonds is 1. The van der Waals surface area contributed by atoms with Crippen LogP contribution in [0.15, 0.2) is 12.1 Å². The van der Waals surface area contributed by atoms with Crippen LogP contribution in [0.4, 0.5) is 0 Å². The lowest BCUT2D eigenvalue weighted by atomic mass is 10.4. The Bertz CT molecular complexity index is 397. The number of nitrogens with zero attached hydrogens (tertiary/aromatic N) is 1. The fourth-order valence-electron chi connectivity index (χ4n) is 1.34. The predicted octanol–water partition coefficient (Wildman–Crippen LogP) is -0.481. The van der Waals surface area contributed by atoms with Crippen LogP contribution < -0.4 is 10.7 Å². The number of methoxy groups -OCH3 is 1. The van der Waals surface area contributed by atoms with Crippen molar-refractivity contribution in [1.29, 1.82) is 0 Å². The summed E-state index contributed by atoms with van der Waals surface area (Å²) in [5, 5.41) is 2.59. The topological polar surface area (TPSA) is 72.4 Å². The summed E-state index contributed by atoms with van der Waals surface area (Å²) >= 11 is 0. The fraction of sp³-hybridized carbons (Fsp3) is 0.250. The number of carbonyl (C=O) groups is 2. The first-order valence-electron chi connectivity index (χ1n) is 4.06. The molecule has 0 atom stereocenters. The highest BCUT2D eigenvalue weighted by molar-refractivity contribution is 5.97. The van der Waals surface area contributed by atoms with Crippen molar-refractivity contribution in [1.82, 2.24) is 9.99 Å². The molecule has 6 nitrogen and oxygen atoms in total. The van der Waals surface area contributed by atoms with Crippen LogP contribution in [-0.2, 0) is 4.74 Å². The molecule has 1 aromatic heterocycles. The highest BCUT2D eigenvalue weighted by Crippen LogP contribution is 2.10. The van der Waals surface area contributed by atoms with Crippen LogP contribution >= 0.6 is 0 Å². The number of hydrogen-bond acceptors (Lipinski definition) is 4. The molecule has 74 valence electrons. The number of hydrogen-bond donors (Lipinski definition) is 2. The molecule has 1 aromatic rings. The normalized spacial score (nSPS) is 13.9. The number of aromatic nitrogens is 1. The molecule has 0 aromatic carbocycles. The summed E-state index contributed by atoms with van der Waals surface area (Å²) in [7, 11) is 1.30. The quantitative estimate of drug-likeness (QED) is 0.593. The highest BCUT2D eigenvalue weighted by Gasteiger charge is 2.22. The lowest BCUT2D eigenvalue weighted by Gasteiger charge is -2.19. The maximum absolute atomic E-state index is 11.3. The van der Waals surface area contributed by atoms with E-state index >= 15 is 0 Å². The molecule has 0 bridgehead atoms. The fourth-order valence-corrected chi connectivity index (χ4v) is 1.34. The average molecular weight is 195 g/mol. The minimum Gasteiger partial charge on any atom is -0.464 e. The van der Waals surface area contributed by atoms with E-state index in [4.69, 9.17) is 0 Å².